The van der Waals surface area contributed by atoms with Gasteiger partial charge in [-0.25, -0.2) is 0 Å². The van der Waals surface area contributed by atoms with Gasteiger partial charge in [0.1, 0.15) is 0 Å². The molecular weight excluding hydrogens is 188 g/mol. The minimum atomic E-state index is 1.29. The second-order valence-electron chi connectivity index (χ2n) is 3.11. The van der Waals surface area contributed by atoms with Crippen molar-refractivity contribution in [2.75, 3.05) is 6.26 Å². The van der Waals surface area contributed by atoms with Crippen molar-refractivity contribution < 1.29 is 0 Å². The Morgan fingerprint density at radius 2 is 2.00 bits per heavy atom. The van der Waals surface area contributed by atoms with Crippen molar-refractivity contribution >= 4 is 17.8 Å². The van der Waals surface area contributed by atoms with Crippen molar-refractivity contribution in [2.24, 2.45) is 0 Å². The molecule has 0 saturated carbocycles. The molecule has 0 N–H and O–H groups in total. The van der Waals surface area contributed by atoms with Gasteiger partial charge in [-0.2, -0.15) is 0 Å². The first-order valence-electron chi connectivity index (χ1n) is 4.72. The number of hydrogen-bond donors (Lipinski definition) is 0. The summed E-state index contributed by atoms with van der Waals surface area (Å²) in [5.41, 5.74) is 2.62. The Balaban J connectivity index is 2.89. The van der Waals surface area contributed by atoms with Crippen molar-refractivity contribution in [3.63, 3.8) is 0 Å². The Morgan fingerprint density at radius 1 is 1.21 bits per heavy atom. The smallest absolute Gasteiger partial charge is 0.00721 e. The minimum absolute atomic E-state index is 1.29. The van der Waals surface area contributed by atoms with Crippen molar-refractivity contribution in [1.82, 2.24) is 0 Å². The third kappa shape index (κ3) is 3.08. The fraction of sp³-hybridized carbons (Fsp3) is 0.231. The van der Waals surface area contributed by atoms with Crippen LogP contribution in [-0.4, -0.2) is 6.26 Å². The van der Waals surface area contributed by atoms with Gasteiger partial charge in [-0.3, -0.25) is 0 Å². The average molecular weight is 204 g/mol. The number of benzene rings is 1. The Morgan fingerprint density at radius 3 is 2.57 bits per heavy atom. The van der Waals surface area contributed by atoms with E-state index in [9.17, 15) is 0 Å². The summed E-state index contributed by atoms with van der Waals surface area (Å²) in [6.07, 6.45) is 10.4. The molecule has 0 saturated heterocycles. The highest BCUT2D eigenvalue weighted by molar-refractivity contribution is 7.98. The van der Waals surface area contributed by atoms with E-state index in [4.69, 9.17) is 0 Å². The molecule has 0 heterocycles. The molecule has 1 aromatic rings. The Kier molecular flexibility index (Phi) is 4.54. The molecule has 0 bridgehead atoms. The highest BCUT2D eigenvalue weighted by Crippen LogP contribution is 2.19. The van der Waals surface area contributed by atoms with Gasteiger partial charge in [-0.05, 0) is 43.4 Å². The minimum Gasteiger partial charge on any atom is -0.130 e. The van der Waals surface area contributed by atoms with Crippen LogP contribution in [0.25, 0.3) is 6.08 Å². The molecule has 0 aliphatic carbocycles. The van der Waals surface area contributed by atoms with Gasteiger partial charge in [-0.1, -0.05) is 30.4 Å². The van der Waals surface area contributed by atoms with E-state index in [1.807, 2.05) is 19.1 Å². The van der Waals surface area contributed by atoms with E-state index < -0.39 is 0 Å². The van der Waals surface area contributed by atoms with Crippen LogP contribution in [0.4, 0.5) is 0 Å². The first-order chi connectivity index (χ1) is 6.77. The number of aryl methyl sites for hydroxylation is 1. The molecule has 1 rings (SSSR count). The van der Waals surface area contributed by atoms with Crippen molar-refractivity contribution in [1.29, 1.82) is 0 Å². The fourth-order valence-electron chi connectivity index (χ4n) is 1.23. The Hall–Kier alpha value is -0.950. The van der Waals surface area contributed by atoms with Gasteiger partial charge in [0.2, 0.25) is 0 Å². The number of allylic oxidation sites excluding steroid dienone is 3. The Bertz CT molecular complexity index is 348. The SMILES string of the molecule is C/C=C\C=C/c1ccc(SC)cc1C. The molecule has 0 amide bonds. The zero-order chi connectivity index (χ0) is 10.4. The fourth-order valence-corrected chi connectivity index (χ4v) is 1.73. The van der Waals surface area contributed by atoms with Crippen LogP contribution in [0.5, 0.6) is 0 Å². The molecular formula is C13H16S. The molecule has 0 atom stereocenters. The Labute approximate surface area is 90.7 Å². The van der Waals surface area contributed by atoms with Gasteiger partial charge in [-0.15, -0.1) is 11.8 Å². The number of thioether (sulfide) groups is 1. The predicted octanol–water partition coefficient (Wildman–Crippen LogP) is 4.31. The van der Waals surface area contributed by atoms with E-state index in [0.29, 0.717) is 0 Å². The zero-order valence-corrected chi connectivity index (χ0v) is 9.77. The first-order valence-corrected chi connectivity index (χ1v) is 5.94. The zero-order valence-electron chi connectivity index (χ0n) is 8.95. The third-order valence-electron chi connectivity index (χ3n) is 2.06. The van der Waals surface area contributed by atoms with E-state index in [0.717, 1.165) is 0 Å². The van der Waals surface area contributed by atoms with E-state index in [-0.39, 0.29) is 0 Å². The summed E-state index contributed by atoms with van der Waals surface area (Å²) in [6.45, 7) is 4.17. The number of hydrogen-bond acceptors (Lipinski definition) is 1. The van der Waals surface area contributed by atoms with Crippen LogP contribution < -0.4 is 0 Å². The second-order valence-corrected chi connectivity index (χ2v) is 3.99. The van der Waals surface area contributed by atoms with Gasteiger partial charge < -0.3 is 0 Å². The quantitative estimate of drug-likeness (QED) is 0.522. The third-order valence-corrected chi connectivity index (χ3v) is 2.78. The van der Waals surface area contributed by atoms with Gasteiger partial charge in [0.15, 0.2) is 0 Å². The first kappa shape index (κ1) is 11.1. The monoisotopic (exact) mass is 204 g/mol. The van der Waals surface area contributed by atoms with E-state index in [2.05, 4.69) is 43.5 Å². The maximum absolute atomic E-state index is 2.22. The van der Waals surface area contributed by atoms with Gasteiger partial charge in [0, 0.05) is 4.90 Å². The molecule has 0 aliphatic heterocycles. The topological polar surface area (TPSA) is 0 Å². The predicted molar refractivity (Wildman–Crippen MR) is 66.8 cm³/mol. The van der Waals surface area contributed by atoms with Crippen LogP contribution in [0.3, 0.4) is 0 Å². The summed E-state index contributed by atoms with van der Waals surface area (Å²) in [5, 5.41) is 0. The van der Waals surface area contributed by atoms with Crippen LogP contribution in [0.2, 0.25) is 0 Å². The summed E-state index contributed by atoms with van der Waals surface area (Å²) in [7, 11) is 0. The number of rotatable bonds is 3. The van der Waals surface area contributed by atoms with Gasteiger partial charge >= 0.3 is 0 Å². The molecule has 0 radical (unpaired) electrons. The van der Waals surface area contributed by atoms with Gasteiger partial charge in [0.05, 0.1) is 0 Å². The normalized spacial score (nSPS) is 11.6. The van der Waals surface area contributed by atoms with E-state index in [1.165, 1.54) is 16.0 Å². The van der Waals surface area contributed by atoms with Crippen molar-refractivity contribution in [3.05, 3.63) is 47.6 Å². The van der Waals surface area contributed by atoms with Crippen LogP contribution in [-0.2, 0) is 0 Å². The summed E-state index contributed by atoms with van der Waals surface area (Å²) in [6, 6.07) is 6.55. The maximum atomic E-state index is 2.22. The molecule has 0 spiro atoms. The van der Waals surface area contributed by atoms with Crippen molar-refractivity contribution in [2.45, 2.75) is 18.7 Å². The summed E-state index contributed by atoms with van der Waals surface area (Å²) < 4.78 is 0. The lowest BCUT2D eigenvalue weighted by atomic mass is 10.1. The van der Waals surface area contributed by atoms with Crippen molar-refractivity contribution in [3.8, 4) is 0 Å². The lowest BCUT2D eigenvalue weighted by molar-refractivity contribution is 1.35. The van der Waals surface area contributed by atoms with Crippen LogP contribution in [0.1, 0.15) is 18.1 Å². The summed E-state index contributed by atoms with van der Waals surface area (Å²) in [4.78, 5) is 1.32. The standard InChI is InChI=1S/C13H16S/c1-4-5-6-7-12-8-9-13(14-3)10-11(12)2/h4-10H,1-3H3/b5-4-,7-6-. The highest BCUT2D eigenvalue weighted by Gasteiger charge is 1.95. The van der Waals surface area contributed by atoms with Crippen LogP contribution >= 0.6 is 11.8 Å². The largest absolute Gasteiger partial charge is 0.130 e. The summed E-state index contributed by atoms with van der Waals surface area (Å²) >= 11 is 1.78. The lowest BCUT2D eigenvalue weighted by Crippen LogP contribution is -1.80. The second kappa shape index (κ2) is 5.71. The summed E-state index contributed by atoms with van der Waals surface area (Å²) in [5.74, 6) is 0. The van der Waals surface area contributed by atoms with E-state index in [1.54, 1.807) is 11.8 Å². The molecule has 0 aliphatic rings. The average Bonchev–Trinajstić information content (AvgIpc) is 2.20. The molecule has 0 aromatic heterocycles. The van der Waals surface area contributed by atoms with Gasteiger partial charge in [0.25, 0.3) is 0 Å². The molecule has 1 aromatic carbocycles. The van der Waals surface area contributed by atoms with E-state index >= 15 is 0 Å². The molecule has 1 heteroatoms. The molecule has 74 valence electrons. The highest BCUT2D eigenvalue weighted by atomic mass is 32.2. The molecule has 14 heavy (non-hydrogen) atoms. The maximum Gasteiger partial charge on any atom is 0.00721 e. The van der Waals surface area contributed by atoms with Crippen LogP contribution in [0.15, 0.2) is 41.3 Å². The van der Waals surface area contributed by atoms with Crippen LogP contribution in [0, 0.1) is 6.92 Å². The molecule has 0 unspecified atom stereocenters. The lowest BCUT2D eigenvalue weighted by Gasteiger charge is -2.02. The molecule has 0 nitrogen and oxygen atoms in total. The molecule has 0 fully saturated rings.